The van der Waals surface area contributed by atoms with Crippen LogP contribution in [0.25, 0.3) is 6.08 Å². The average molecular weight is 395 g/mol. The quantitative estimate of drug-likeness (QED) is 0.440. The minimum atomic E-state index is -0.691. The molecular weight excluding hydrogens is 374 g/mol. The van der Waals surface area contributed by atoms with Crippen LogP contribution in [0.1, 0.15) is 28.7 Å². The molecule has 8 heteroatoms. The van der Waals surface area contributed by atoms with Crippen molar-refractivity contribution in [3.8, 4) is 0 Å². The third kappa shape index (κ3) is 3.82. The molecule has 2 aromatic rings. The molecule has 1 aromatic carbocycles. The van der Waals surface area contributed by atoms with Gasteiger partial charge in [0.25, 0.3) is 11.8 Å². The van der Waals surface area contributed by atoms with Crippen LogP contribution in [0.3, 0.4) is 0 Å². The van der Waals surface area contributed by atoms with Gasteiger partial charge < -0.3 is 9.30 Å². The van der Waals surface area contributed by atoms with Crippen molar-refractivity contribution in [3.63, 3.8) is 0 Å². The Morgan fingerprint density at radius 1 is 0.966 bits per heavy atom. The van der Waals surface area contributed by atoms with Crippen LogP contribution in [0.15, 0.2) is 48.0 Å². The van der Waals surface area contributed by atoms with Gasteiger partial charge in [-0.15, -0.1) is 0 Å². The zero-order valence-corrected chi connectivity index (χ0v) is 16.4. The lowest BCUT2D eigenvalue weighted by Crippen LogP contribution is -2.52. The molecule has 150 valence electrons. The summed E-state index contributed by atoms with van der Waals surface area (Å²) < 4.78 is 6.80. The van der Waals surface area contributed by atoms with E-state index in [2.05, 4.69) is 0 Å². The Bertz CT molecular complexity index is 981. The average Bonchev–Trinajstić information content (AvgIpc) is 3.11. The molecule has 1 aliphatic heterocycles. The molecule has 0 N–H and O–H groups in total. The molecule has 1 fully saturated rings. The van der Waals surface area contributed by atoms with E-state index in [1.165, 1.54) is 20.2 Å². The number of aromatic nitrogens is 1. The predicted octanol–water partition coefficient (Wildman–Crippen LogP) is 2.15. The second-order valence-corrected chi connectivity index (χ2v) is 6.50. The molecule has 0 saturated carbocycles. The van der Waals surface area contributed by atoms with Crippen molar-refractivity contribution in [1.29, 1.82) is 0 Å². The fourth-order valence-electron chi connectivity index (χ4n) is 3.06. The van der Waals surface area contributed by atoms with Crippen molar-refractivity contribution >= 4 is 29.9 Å². The van der Waals surface area contributed by atoms with E-state index in [0.717, 1.165) is 15.4 Å². The first kappa shape index (κ1) is 20.1. The molecule has 1 saturated heterocycles. The molecule has 1 aromatic heterocycles. The maximum Gasteiger partial charge on any atom is 0.354 e. The topological polar surface area (TPSA) is 88.9 Å². The van der Waals surface area contributed by atoms with E-state index in [-0.39, 0.29) is 12.2 Å². The van der Waals surface area contributed by atoms with Gasteiger partial charge in [0.15, 0.2) is 0 Å². The lowest BCUT2D eigenvalue weighted by atomic mass is 10.1. The lowest BCUT2D eigenvalue weighted by molar-refractivity contribution is -0.134. The van der Waals surface area contributed by atoms with Crippen LogP contribution in [-0.2, 0) is 20.9 Å². The summed E-state index contributed by atoms with van der Waals surface area (Å²) in [4.78, 5) is 51.1. The van der Waals surface area contributed by atoms with E-state index in [9.17, 15) is 19.2 Å². The van der Waals surface area contributed by atoms with Crippen molar-refractivity contribution in [2.75, 3.05) is 20.7 Å². The van der Waals surface area contributed by atoms with Crippen LogP contribution in [0.2, 0.25) is 0 Å². The van der Waals surface area contributed by atoms with E-state index in [1.54, 1.807) is 23.6 Å². The molecule has 0 spiro atoms. The number of urea groups is 1. The van der Waals surface area contributed by atoms with Crippen LogP contribution >= 0.6 is 0 Å². The third-order valence-corrected chi connectivity index (χ3v) is 4.62. The third-order valence-electron chi connectivity index (χ3n) is 4.62. The number of benzene rings is 1. The van der Waals surface area contributed by atoms with Gasteiger partial charge in [-0.2, -0.15) is 0 Å². The van der Waals surface area contributed by atoms with Crippen LogP contribution in [-0.4, -0.2) is 58.9 Å². The van der Waals surface area contributed by atoms with Crippen molar-refractivity contribution in [3.05, 3.63) is 65.0 Å². The molecule has 4 amide bonds. The summed E-state index contributed by atoms with van der Waals surface area (Å²) in [6.45, 7) is 2.28. The largest absolute Gasteiger partial charge is 0.461 e. The highest BCUT2D eigenvalue weighted by molar-refractivity contribution is 6.30. The van der Waals surface area contributed by atoms with Crippen molar-refractivity contribution in [2.45, 2.75) is 13.5 Å². The number of carbonyl (C=O) groups excluding carboxylic acids is 4. The first-order chi connectivity index (χ1) is 13.8. The zero-order valence-electron chi connectivity index (χ0n) is 16.4. The van der Waals surface area contributed by atoms with Crippen molar-refractivity contribution in [2.24, 2.45) is 0 Å². The number of nitrogens with zero attached hydrogens (tertiary/aromatic N) is 3. The number of carbonyl (C=O) groups is 4. The Labute approximate surface area is 168 Å². The molecule has 3 rings (SSSR count). The fraction of sp³-hybridized carbons (Fsp3) is 0.238. The second kappa shape index (κ2) is 8.14. The van der Waals surface area contributed by atoms with E-state index in [4.69, 9.17) is 4.74 Å². The SMILES string of the molecule is CCOC(=O)c1ccc(C=C2C(=O)N(C)C(=O)N(C)C2=O)n1Cc1ccccc1. The number of likely N-dealkylation sites (N-methyl/N-ethyl adjacent to an activating group) is 2. The Morgan fingerprint density at radius 3 is 2.17 bits per heavy atom. The van der Waals surface area contributed by atoms with Crippen LogP contribution in [0.5, 0.6) is 0 Å². The summed E-state index contributed by atoms with van der Waals surface area (Å²) in [6, 6.07) is 12.0. The van der Waals surface area contributed by atoms with Crippen LogP contribution < -0.4 is 0 Å². The van der Waals surface area contributed by atoms with Gasteiger partial charge in [-0.1, -0.05) is 30.3 Å². The normalized spacial score (nSPS) is 14.4. The monoisotopic (exact) mass is 395 g/mol. The van der Waals surface area contributed by atoms with Gasteiger partial charge in [-0.05, 0) is 30.7 Å². The van der Waals surface area contributed by atoms with Crippen molar-refractivity contribution in [1.82, 2.24) is 14.4 Å². The first-order valence-electron chi connectivity index (χ1n) is 9.07. The number of amides is 4. The van der Waals surface area contributed by atoms with Crippen molar-refractivity contribution < 1.29 is 23.9 Å². The maximum absolute atomic E-state index is 12.5. The van der Waals surface area contributed by atoms with Crippen LogP contribution in [0.4, 0.5) is 4.79 Å². The van der Waals surface area contributed by atoms with Gasteiger partial charge in [0.2, 0.25) is 0 Å². The predicted molar refractivity (Wildman–Crippen MR) is 105 cm³/mol. The van der Waals surface area contributed by atoms with Gasteiger partial charge in [0.1, 0.15) is 11.3 Å². The summed E-state index contributed by atoms with van der Waals surface area (Å²) in [7, 11) is 2.63. The van der Waals surface area contributed by atoms with E-state index >= 15 is 0 Å². The highest BCUT2D eigenvalue weighted by atomic mass is 16.5. The zero-order chi connectivity index (χ0) is 21.1. The molecule has 1 aliphatic rings. The smallest absolute Gasteiger partial charge is 0.354 e. The number of hydrogen-bond donors (Lipinski definition) is 0. The highest BCUT2D eigenvalue weighted by Gasteiger charge is 2.38. The lowest BCUT2D eigenvalue weighted by Gasteiger charge is -2.28. The second-order valence-electron chi connectivity index (χ2n) is 6.50. The minimum absolute atomic E-state index is 0.155. The summed E-state index contributed by atoms with van der Waals surface area (Å²) >= 11 is 0. The molecule has 2 heterocycles. The molecule has 0 atom stereocenters. The number of imide groups is 2. The summed E-state index contributed by atoms with van der Waals surface area (Å²) in [5.74, 6) is -1.88. The maximum atomic E-state index is 12.5. The van der Waals surface area contributed by atoms with Gasteiger partial charge in [0, 0.05) is 26.3 Å². The van der Waals surface area contributed by atoms with Gasteiger partial charge >= 0.3 is 12.0 Å². The summed E-state index contributed by atoms with van der Waals surface area (Å²) in [5.41, 5.74) is 1.55. The Morgan fingerprint density at radius 2 is 1.59 bits per heavy atom. The van der Waals surface area contributed by atoms with E-state index in [1.807, 2.05) is 30.3 Å². The molecule has 0 unspecified atom stereocenters. The Kier molecular flexibility index (Phi) is 5.63. The molecule has 0 bridgehead atoms. The molecule has 0 aliphatic carbocycles. The Hall–Kier alpha value is -3.68. The summed E-state index contributed by atoms with van der Waals surface area (Å²) in [6.07, 6.45) is 1.40. The number of rotatable bonds is 5. The van der Waals surface area contributed by atoms with Gasteiger partial charge in [-0.3, -0.25) is 19.4 Å². The highest BCUT2D eigenvalue weighted by Crippen LogP contribution is 2.21. The number of ether oxygens (including phenoxy) is 1. The Balaban J connectivity index is 2.08. The first-order valence-corrected chi connectivity index (χ1v) is 9.07. The number of barbiturate groups is 1. The molecular formula is C21H21N3O5. The van der Waals surface area contributed by atoms with E-state index < -0.39 is 23.8 Å². The summed E-state index contributed by atoms with van der Waals surface area (Å²) in [5, 5.41) is 0. The number of hydrogen-bond acceptors (Lipinski definition) is 5. The standard InChI is InChI=1S/C21H21N3O5/c1-4-29-20(27)17-11-10-15(24(17)13-14-8-6-5-7-9-14)12-16-18(25)22(2)21(28)23(3)19(16)26/h5-12H,4,13H2,1-3H3. The number of esters is 1. The molecule has 0 radical (unpaired) electrons. The fourth-order valence-corrected chi connectivity index (χ4v) is 3.06. The van der Waals surface area contributed by atoms with Crippen LogP contribution in [0, 0.1) is 0 Å². The molecule has 8 nitrogen and oxygen atoms in total. The van der Waals surface area contributed by atoms with Gasteiger partial charge in [-0.25, -0.2) is 9.59 Å². The van der Waals surface area contributed by atoms with Gasteiger partial charge in [0.05, 0.1) is 6.61 Å². The minimum Gasteiger partial charge on any atom is -0.461 e. The van der Waals surface area contributed by atoms with E-state index in [0.29, 0.717) is 17.9 Å². The molecule has 29 heavy (non-hydrogen) atoms.